The van der Waals surface area contributed by atoms with Gasteiger partial charge in [-0.15, -0.1) is 0 Å². The number of aromatic amines is 1. The maximum absolute atomic E-state index is 4.52. The third-order valence-electron chi connectivity index (χ3n) is 4.69. The zero-order valence-corrected chi connectivity index (χ0v) is 13.6. The van der Waals surface area contributed by atoms with E-state index in [9.17, 15) is 0 Å². The van der Waals surface area contributed by atoms with E-state index in [-0.39, 0.29) is 0 Å². The minimum Gasteiger partial charge on any atom is -0.299 e. The lowest BCUT2D eigenvalue weighted by Crippen LogP contribution is -2.32. The molecule has 0 amide bonds. The standard InChI is InChI=1S/C19H21N5/c1-2-4-17(5-3-1)19-20-12-15(13-21-19)14-24-10-7-16(8-11-24)18-6-9-22-23-18/h1-6,9,12-13,16H,7-8,10-11,14H2,(H,22,23). The fourth-order valence-corrected chi connectivity index (χ4v) is 3.33. The van der Waals surface area contributed by atoms with E-state index in [2.05, 4.69) is 31.1 Å². The van der Waals surface area contributed by atoms with Crippen LogP contribution >= 0.6 is 0 Å². The van der Waals surface area contributed by atoms with Gasteiger partial charge >= 0.3 is 0 Å². The van der Waals surface area contributed by atoms with Crippen LogP contribution in [0.1, 0.15) is 30.0 Å². The second-order valence-electron chi connectivity index (χ2n) is 6.34. The first-order chi connectivity index (χ1) is 11.9. The van der Waals surface area contributed by atoms with Crippen molar-refractivity contribution >= 4 is 0 Å². The van der Waals surface area contributed by atoms with Crippen molar-refractivity contribution in [1.29, 1.82) is 0 Å². The van der Waals surface area contributed by atoms with Crippen LogP contribution in [0, 0.1) is 0 Å². The molecule has 1 aliphatic rings. The Morgan fingerprint density at radius 2 is 1.75 bits per heavy atom. The van der Waals surface area contributed by atoms with Crippen LogP contribution in [-0.2, 0) is 6.54 Å². The van der Waals surface area contributed by atoms with Gasteiger partial charge in [-0.05, 0) is 32.0 Å². The molecular weight excluding hydrogens is 298 g/mol. The van der Waals surface area contributed by atoms with Crippen molar-refractivity contribution in [2.75, 3.05) is 13.1 Å². The molecule has 122 valence electrons. The molecule has 0 saturated carbocycles. The highest BCUT2D eigenvalue weighted by Gasteiger charge is 2.21. The van der Waals surface area contributed by atoms with E-state index in [1.807, 2.05) is 48.9 Å². The zero-order valence-electron chi connectivity index (χ0n) is 13.6. The Morgan fingerprint density at radius 1 is 1.00 bits per heavy atom. The van der Waals surface area contributed by atoms with E-state index in [1.165, 1.54) is 24.1 Å². The van der Waals surface area contributed by atoms with Crippen molar-refractivity contribution in [3.05, 3.63) is 66.2 Å². The highest BCUT2D eigenvalue weighted by molar-refractivity contribution is 5.53. The van der Waals surface area contributed by atoms with Crippen LogP contribution in [-0.4, -0.2) is 38.2 Å². The summed E-state index contributed by atoms with van der Waals surface area (Å²) in [6, 6.07) is 12.2. The van der Waals surface area contributed by atoms with Crippen molar-refractivity contribution < 1.29 is 0 Å². The minimum atomic E-state index is 0.612. The minimum absolute atomic E-state index is 0.612. The maximum atomic E-state index is 4.52. The fourth-order valence-electron chi connectivity index (χ4n) is 3.33. The lowest BCUT2D eigenvalue weighted by molar-refractivity contribution is 0.203. The van der Waals surface area contributed by atoms with Crippen molar-refractivity contribution in [3.8, 4) is 11.4 Å². The molecule has 1 saturated heterocycles. The number of likely N-dealkylation sites (tertiary alicyclic amines) is 1. The van der Waals surface area contributed by atoms with Crippen LogP contribution in [0.5, 0.6) is 0 Å². The first-order valence-corrected chi connectivity index (χ1v) is 8.46. The first kappa shape index (κ1) is 15.0. The number of nitrogens with zero attached hydrogens (tertiary/aromatic N) is 4. The normalized spacial score (nSPS) is 16.3. The van der Waals surface area contributed by atoms with Gasteiger partial charge < -0.3 is 0 Å². The number of H-pyrrole nitrogens is 1. The van der Waals surface area contributed by atoms with Crippen LogP contribution in [0.2, 0.25) is 0 Å². The van der Waals surface area contributed by atoms with Crippen LogP contribution in [0.4, 0.5) is 0 Å². The van der Waals surface area contributed by atoms with Crippen molar-refractivity contribution in [1.82, 2.24) is 25.1 Å². The van der Waals surface area contributed by atoms with Gasteiger partial charge in [0.15, 0.2) is 5.82 Å². The molecule has 3 heterocycles. The molecule has 2 aromatic heterocycles. The topological polar surface area (TPSA) is 57.7 Å². The second-order valence-corrected chi connectivity index (χ2v) is 6.34. The fraction of sp³-hybridized carbons (Fsp3) is 0.316. The predicted octanol–water partition coefficient (Wildman–Crippen LogP) is 3.25. The summed E-state index contributed by atoms with van der Waals surface area (Å²) in [5.74, 6) is 1.40. The summed E-state index contributed by atoms with van der Waals surface area (Å²) in [6.07, 6.45) is 8.09. The van der Waals surface area contributed by atoms with E-state index in [0.717, 1.165) is 31.0 Å². The largest absolute Gasteiger partial charge is 0.299 e. The average molecular weight is 319 g/mol. The Bertz CT molecular complexity index is 744. The maximum Gasteiger partial charge on any atom is 0.159 e. The summed E-state index contributed by atoms with van der Waals surface area (Å²) in [4.78, 5) is 11.5. The zero-order chi connectivity index (χ0) is 16.2. The number of rotatable bonds is 4. The molecule has 1 aromatic carbocycles. The number of hydrogen-bond acceptors (Lipinski definition) is 4. The third-order valence-corrected chi connectivity index (χ3v) is 4.69. The van der Waals surface area contributed by atoms with Crippen LogP contribution in [0.3, 0.4) is 0 Å². The smallest absolute Gasteiger partial charge is 0.159 e. The number of hydrogen-bond donors (Lipinski definition) is 1. The Hall–Kier alpha value is -2.53. The van der Waals surface area contributed by atoms with Crippen molar-refractivity contribution in [2.24, 2.45) is 0 Å². The van der Waals surface area contributed by atoms with Crippen LogP contribution in [0.15, 0.2) is 55.0 Å². The van der Waals surface area contributed by atoms with Crippen LogP contribution < -0.4 is 0 Å². The SMILES string of the molecule is c1ccc(-c2ncc(CN3CCC(c4ccn[nH]4)CC3)cn2)cc1. The third kappa shape index (κ3) is 3.36. The summed E-state index contributed by atoms with van der Waals surface area (Å²) in [7, 11) is 0. The first-order valence-electron chi connectivity index (χ1n) is 8.46. The average Bonchev–Trinajstić information content (AvgIpc) is 3.18. The summed E-state index contributed by atoms with van der Waals surface area (Å²) in [5, 5.41) is 7.17. The Kier molecular flexibility index (Phi) is 4.34. The van der Waals surface area contributed by atoms with Gasteiger partial charge in [-0.3, -0.25) is 10.00 Å². The number of benzene rings is 1. The van der Waals surface area contributed by atoms with Gasteiger partial charge in [-0.2, -0.15) is 5.10 Å². The van der Waals surface area contributed by atoms with Gasteiger partial charge in [-0.1, -0.05) is 30.3 Å². The van der Waals surface area contributed by atoms with Gasteiger partial charge in [0.25, 0.3) is 0 Å². The van der Waals surface area contributed by atoms with Crippen molar-refractivity contribution in [2.45, 2.75) is 25.3 Å². The van der Waals surface area contributed by atoms with Gasteiger partial charge in [0.1, 0.15) is 0 Å². The Morgan fingerprint density at radius 3 is 2.42 bits per heavy atom. The lowest BCUT2D eigenvalue weighted by atomic mass is 9.93. The summed E-state index contributed by atoms with van der Waals surface area (Å²) >= 11 is 0. The highest BCUT2D eigenvalue weighted by atomic mass is 15.1. The van der Waals surface area contributed by atoms with E-state index >= 15 is 0 Å². The number of piperidine rings is 1. The number of nitrogens with one attached hydrogen (secondary N) is 1. The molecule has 1 aliphatic heterocycles. The summed E-state index contributed by atoms with van der Waals surface area (Å²) in [6.45, 7) is 3.12. The molecule has 0 spiro atoms. The van der Waals surface area contributed by atoms with Gasteiger partial charge in [0.05, 0.1) is 0 Å². The molecule has 0 bridgehead atoms. The monoisotopic (exact) mass is 319 g/mol. The molecule has 0 aliphatic carbocycles. The quantitative estimate of drug-likeness (QED) is 0.802. The predicted molar refractivity (Wildman–Crippen MR) is 93.3 cm³/mol. The molecule has 0 atom stereocenters. The lowest BCUT2D eigenvalue weighted by Gasteiger charge is -2.31. The molecule has 5 heteroatoms. The second kappa shape index (κ2) is 6.93. The highest BCUT2D eigenvalue weighted by Crippen LogP contribution is 2.27. The summed E-state index contributed by atoms with van der Waals surface area (Å²) in [5.41, 5.74) is 3.50. The molecule has 1 fully saturated rings. The molecule has 24 heavy (non-hydrogen) atoms. The summed E-state index contributed by atoms with van der Waals surface area (Å²) < 4.78 is 0. The van der Waals surface area contributed by atoms with E-state index in [4.69, 9.17) is 0 Å². The Balaban J connectivity index is 1.35. The molecule has 3 aromatic rings. The van der Waals surface area contributed by atoms with E-state index < -0.39 is 0 Å². The van der Waals surface area contributed by atoms with Gasteiger partial charge in [0, 0.05) is 47.9 Å². The molecule has 1 N–H and O–H groups in total. The van der Waals surface area contributed by atoms with Gasteiger partial charge in [-0.25, -0.2) is 9.97 Å². The van der Waals surface area contributed by atoms with Gasteiger partial charge in [0.2, 0.25) is 0 Å². The van der Waals surface area contributed by atoms with Crippen molar-refractivity contribution in [3.63, 3.8) is 0 Å². The Labute approximate surface area is 141 Å². The molecular formula is C19H21N5. The van der Waals surface area contributed by atoms with E-state index in [1.54, 1.807) is 0 Å². The molecule has 4 rings (SSSR count). The van der Waals surface area contributed by atoms with Crippen LogP contribution in [0.25, 0.3) is 11.4 Å². The van der Waals surface area contributed by atoms with E-state index in [0.29, 0.717) is 5.92 Å². The molecule has 5 nitrogen and oxygen atoms in total. The molecule has 0 unspecified atom stereocenters. The number of aromatic nitrogens is 4. The molecule has 0 radical (unpaired) electrons.